The molecule has 3 rings (SSSR count). The molecular weight excluding hydrogens is 238 g/mol. The second-order valence-electron chi connectivity index (χ2n) is 5.89. The van der Waals surface area contributed by atoms with Gasteiger partial charge in [-0.2, -0.15) is 0 Å². The molecule has 1 N–H and O–H groups in total. The van der Waals surface area contributed by atoms with Crippen LogP contribution in [0.15, 0.2) is 29.2 Å². The number of thioether (sulfide) groups is 1. The number of hydrogen-bond donors (Lipinski definition) is 1. The third-order valence-corrected chi connectivity index (χ3v) is 5.69. The van der Waals surface area contributed by atoms with Crippen molar-refractivity contribution < 1.29 is 0 Å². The highest BCUT2D eigenvalue weighted by Gasteiger charge is 2.46. The molecule has 0 amide bonds. The molecule has 2 aliphatic rings. The van der Waals surface area contributed by atoms with E-state index >= 15 is 0 Å². The molecule has 0 heterocycles. The smallest absolute Gasteiger partial charge is 0.0343 e. The summed E-state index contributed by atoms with van der Waals surface area (Å²) >= 11 is 1.81. The highest BCUT2D eigenvalue weighted by atomic mass is 32.2. The third kappa shape index (κ3) is 2.27. The average molecular weight is 261 g/mol. The molecule has 0 radical (unpaired) electrons. The molecule has 1 atom stereocenters. The monoisotopic (exact) mass is 261 g/mol. The molecule has 2 saturated carbocycles. The summed E-state index contributed by atoms with van der Waals surface area (Å²) in [6.07, 6.45) is 12.2. The van der Waals surface area contributed by atoms with Crippen molar-refractivity contribution in [2.24, 2.45) is 5.41 Å². The summed E-state index contributed by atoms with van der Waals surface area (Å²) in [6.45, 7) is 0. The van der Waals surface area contributed by atoms with Gasteiger partial charge in [0, 0.05) is 16.6 Å². The van der Waals surface area contributed by atoms with Crippen LogP contribution in [0.2, 0.25) is 0 Å². The largest absolute Gasteiger partial charge is 0.382 e. The topological polar surface area (TPSA) is 12.0 Å². The summed E-state index contributed by atoms with van der Waals surface area (Å²) in [6, 6.07) is 9.65. The molecule has 1 nitrogen and oxygen atoms in total. The lowest BCUT2D eigenvalue weighted by Crippen LogP contribution is -2.50. The first-order valence-corrected chi connectivity index (χ1v) is 8.45. The summed E-state index contributed by atoms with van der Waals surface area (Å²) in [5.41, 5.74) is 1.96. The minimum absolute atomic E-state index is 0.649. The second kappa shape index (κ2) is 5.16. The van der Waals surface area contributed by atoms with Crippen molar-refractivity contribution in [2.45, 2.75) is 55.9 Å². The lowest BCUT2D eigenvalue weighted by molar-refractivity contribution is 0.0571. The summed E-state index contributed by atoms with van der Waals surface area (Å²) < 4.78 is 0. The molecule has 1 aromatic carbocycles. The lowest BCUT2D eigenvalue weighted by Gasteiger charge is -2.52. The Morgan fingerprint density at radius 1 is 1.06 bits per heavy atom. The normalized spacial score (nSPS) is 25.7. The third-order valence-electron chi connectivity index (χ3n) is 4.95. The average Bonchev–Trinajstić information content (AvgIpc) is 2.45. The number of benzene rings is 1. The van der Waals surface area contributed by atoms with Crippen LogP contribution in [0.1, 0.15) is 44.9 Å². The summed E-state index contributed by atoms with van der Waals surface area (Å²) in [4.78, 5) is 1.35. The number of rotatable bonds is 3. The molecular formula is C16H23NS. The maximum Gasteiger partial charge on any atom is 0.0343 e. The fourth-order valence-corrected chi connectivity index (χ4v) is 4.07. The Morgan fingerprint density at radius 2 is 1.78 bits per heavy atom. The van der Waals surface area contributed by atoms with Crippen LogP contribution in [0.3, 0.4) is 0 Å². The van der Waals surface area contributed by atoms with E-state index in [0.717, 1.165) is 6.04 Å². The predicted molar refractivity (Wildman–Crippen MR) is 80.4 cm³/mol. The molecule has 2 fully saturated rings. The van der Waals surface area contributed by atoms with Crippen LogP contribution >= 0.6 is 11.8 Å². The summed E-state index contributed by atoms with van der Waals surface area (Å²) in [7, 11) is 0. The van der Waals surface area contributed by atoms with E-state index in [9.17, 15) is 0 Å². The first kappa shape index (κ1) is 12.4. The van der Waals surface area contributed by atoms with E-state index in [-0.39, 0.29) is 0 Å². The van der Waals surface area contributed by atoms with E-state index in [1.807, 2.05) is 11.8 Å². The van der Waals surface area contributed by atoms with Crippen molar-refractivity contribution in [3.05, 3.63) is 24.3 Å². The van der Waals surface area contributed by atoms with E-state index in [4.69, 9.17) is 0 Å². The van der Waals surface area contributed by atoms with Gasteiger partial charge in [-0.3, -0.25) is 0 Å². The van der Waals surface area contributed by atoms with Gasteiger partial charge in [-0.25, -0.2) is 0 Å². The van der Waals surface area contributed by atoms with Crippen molar-refractivity contribution >= 4 is 17.4 Å². The molecule has 1 aromatic rings. The molecule has 18 heavy (non-hydrogen) atoms. The first-order chi connectivity index (χ1) is 8.82. The van der Waals surface area contributed by atoms with Crippen LogP contribution in [0.5, 0.6) is 0 Å². The van der Waals surface area contributed by atoms with Crippen LogP contribution in [0.25, 0.3) is 0 Å². The molecule has 0 bridgehead atoms. The number of hydrogen-bond acceptors (Lipinski definition) is 2. The predicted octanol–water partition coefficient (Wildman–Crippen LogP) is 4.93. The Kier molecular flexibility index (Phi) is 3.56. The Balaban J connectivity index is 1.65. The van der Waals surface area contributed by atoms with Crippen molar-refractivity contribution in [1.82, 2.24) is 0 Å². The second-order valence-corrected chi connectivity index (χ2v) is 6.77. The van der Waals surface area contributed by atoms with E-state index in [0.29, 0.717) is 5.41 Å². The van der Waals surface area contributed by atoms with E-state index in [1.165, 1.54) is 55.5 Å². The maximum absolute atomic E-state index is 3.78. The molecule has 2 heteroatoms. The minimum atomic E-state index is 0.649. The number of nitrogens with one attached hydrogen (secondary N) is 1. The summed E-state index contributed by atoms with van der Waals surface area (Å²) in [5, 5.41) is 3.78. The van der Waals surface area contributed by atoms with Gasteiger partial charge in [0.25, 0.3) is 0 Å². The number of anilines is 1. The zero-order valence-electron chi connectivity index (χ0n) is 11.2. The molecule has 0 aliphatic heterocycles. The Labute approximate surface area is 115 Å². The minimum Gasteiger partial charge on any atom is -0.382 e. The van der Waals surface area contributed by atoms with Crippen LogP contribution < -0.4 is 5.32 Å². The van der Waals surface area contributed by atoms with Crippen LogP contribution in [-0.4, -0.2) is 12.3 Å². The molecule has 1 spiro atoms. The van der Waals surface area contributed by atoms with Gasteiger partial charge in [0.1, 0.15) is 0 Å². The molecule has 2 aliphatic carbocycles. The van der Waals surface area contributed by atoms with E-state index in [1.54, 1.807) is 0 Å². The quantitative estimate of drug-likeness (QED) is 0.774. The van der Waals surface area contributed by atoms with Gasteiger partial charge in [-0.1, -0.05) is 19.3 Å². The SMILES string of the molecule is CSc1ccc(NC2CCC23CCCCC3)cc1. The van der Waals surface area contributed by atoms with Crippen molar-refractivity contribution in [3.63, 3.8) is 0 Å². The van der Waals surface area contributed by atoms with Crippen molar-refractivity contribution in [3.8, 4) is 0 Å². The van der Waals surface area contributed by atoms with Gasteiger partial charge in [-0.15, -0.1) is 11.8 Å². The van der Waals surface area contributed by atoms with Crippen molar-refractivity contribution in [2.75, 3.05) is 11.6 Å². The van der Waals surface area contributed by atoms with Crippen LogP contribution in [0.4, 0.5) is 5.69 Å². The highest BCUT2D eigenvalue weighted by Crippen LogP contribution is 2.52. The fourth-order valence-electron chi connectivity index (χ4n) is 3.66. The molecule has 0 aromatic heterocycles. The zero-order valence-corrected chi connectivity index (χ0v) is 12.1. The van der Waals surface area contributed by atoms with Crippen LogP contribution in [-0.2, 0) is 0 Å². The summed E-state index contributed by atoms with van der Waals surface area (Å²) in [5.74, 6) is 0. The molecule has 0 saturated heterocycles. The van der Waals surface area contributed by atoms with Gasteiger partial charge in [0.15, 0.2) is 0 Å². The van der Waals surface area contributed by atoms with Gasteiger partial charge in [0.2, 0.25) is 0 Å². The molecule has 1 unspecified atom stereocenters. The molecule has 98 valence electrons. The first-order valence-electron chi connectivity index (χ1n) is 7.23. The zero-order chi connectivity index (χ0) is 12.4. The Bertz CT molecular complexity index is 392. The van der Waals surface area contributed by atoms with Gasteiger partial charge in [0.05, 0.1) is 0 Å². The van der Waals surface area contributed by atoms with Crippen LogP contribution in [0, 0.1) is 5.41 Å². The lowest BCUT2D eigenvalue weighted by atomic mass is 9.57. The van der Waals surface area contributed by atoms with Gasteiger partial charge < -0.3 is 5.32 Å². The Morgan fingerprint density at radius 3 is 2.33 bits per heavy atom. The van der Waals surface area contributed by atoms with E-state index < -0.39 is 0 Å². The van der Waals surface area contributed by atoms with E-state index in [2.05, 4.69) is 35.8 Å². The Hall–Kier alpha value is -0.630. The standard InChI is InChI=1S/C16H23NS/c1-18-14-7-5-13(6-8-14)17-15-9-12-16(15)10-3-2-4-11-16/h5-8,15,17H,2-4,9-12H2,1H3. The highest BCUT2D eigenvalue weighted by molar-refractivity contribution is 7.98. The fraction of sp³-hybridized carbons (Fsp3) is 0.625. The van der Waals surface area contributed by atoms with Gasteiger partial charge in [-0.05, 0) is 61.6 Å². The van der Waals surface area contributed by atoms with Gasteiger partial charge >= 0.3 is 0 Å². The maximum atomic E-state index is 3.78. The van der Waals surface area contributed by atoms with Crippen molar-refractivity contribution in [1.29, 1.82) is 0 Å².